The molecule has 0 radical (unpaired) electrons. The number of aliphatic hydroxyl groups is 1. The molecular formula is C10H15NO2. The molecule has 13 heavy (non-hydrogen) atoms. The molecule has 0 bridgehead atoms. The van der Waals surface area contributed by atoms with Gasteiger partial charge >= 0.3 is 0 Å². The molecule has 0 fully saturated rings. The zero-order valence-electron chi connectivity index (χ0n) is 8.46. The van der Waals surface area contributed by atoms with Gasteiger partial charge in [0.2, 0.25) is 0 Å². The molecule has 0 saturated carbocycles. The monoisotopic (exact) mass is 181 g/mol. The SMILES string of the molecule is Cc1c(C)n(C)cc(C(C)O)c1=O. The highest BCUT2D eigenvalue weighted by molar-refractivity contribution is 5.25. The van der Waals surface area contributed by atoms with Crippen LogP contribution in [0, 0.1) is 13.8 Å². The van der Waals surface area contributed by atoms with E-state index in [1.165, 1.54) is 0 Å². The predicted molar refractivity (Wildman–Crippen MR) is 51.8 cm³/mol. The fourth-order valence-electron chi connectivity index (χ4n) is 1.31. The fourth-order valence-corrected chi connectivity index (χ4v) is 1.31. The minimum Gasteiger partial charge on any atom is -0.389 e. The first-order chi connectivity index (χ1) is 5.95. The maximum atomic E-state index is 11.6. The van der Waals surface area contributed by atoms with Crippen LogP contribution < -0.4 is 5.43 Å². The molecule has 0 aliphatic heterocycles. The molecule has 1 aromatic heterocycles. The van der Waals surface area contributed by atoms with E-state index in [0.717, 1.165) is 5.69 Å². The average Bonchev–Trinajstić information content (AvgIpc) is 2.07. The molecule has 1 aromatic rings. The average molecular weight is 181 g/mol. The number of aliphatic hydroxyl groups excluding tert-OH is 1. The first-order valence-corrected chi connectivity index (χ1v) is 4.30. The third-order valence-corrected chi connectivity index (χ3v) is 2.46. The van der Waals surface area contributed by atoms with Gasteiger partial charge in [0.15, 0.2) is 5.43 Å². The van der Waals surface area contributed by atoms with Crippen LogP contribution in [0.25, 0.3) is 0 Å². The molecule has 3 nitrogen and oxygen atoms in total. The lowest BCUT2D eigenvalue weighted by molar-refractivity contribution is 0.197. The zero-order chi connectivity index (χ0) is 10.2. The van der Waals surface area contributed by atoms with Crippen LogP contribution in [0.15, 0.2) is 11.0 Å². The quantitative estimate of drug-likeness (QED) is 0.703. The van der Waals surface area contributed by atoms with E-state index in [-0.39, 0.29) is 5.43 Å². The molecule has 0 aliphatic carbocycles. The Balaban J connectivity index is 3.51. The Bertz CT molecular complexity index is 377. The maximum absolute atomic E-state index is 11.6. The number of nitrogens with zero attached hydrogens (tertiary/aromatic N) is 1. The van der Waals surface area contributed by atoms with Gasteiger partial charge in [-0.25, -0.2) is 0 Å². The van der Waals surface area contributed by atoms with E-state index in [1.54, 1.807) is 20.0 Å². The van der Waals surface area contributed by atoms with E-state index < -0.39 is 6.10 Å². The van der Waals surface area contributed by atoms with Crippen LogP contribution in [0.2, 0.25) is 0 Å². The topological polar surface area (TPSA) is 42.2 Å². The molecular weight excluding hydrogens is 166 g/mol. The third kappa shape index (κ3) is 1.65. The highest BCUT2D eigenvalue weighted by atomic mass is 16.3. The van der Waals surface area contributed by atoms with Crippen LogP contribution in [0.1, 0.15) is 29.8 Å². The Kier molecular flexibility index (Phi) is 2.57. The molecule has 72 valence electrons. The Hall–Kier alpha value is -1.09. The van der Waals surface area contributed by atoms with Gasteiger partial charge < -0.3 is 9.67 Å². The van der Waals surface area contributed by atoms with Crippen LogP contribution in [0.5, 0.6) is 0 Å². The molecule has 1 unspecified atom stereocenters. The van der Waals surface area contributed by atoms with Gasteiger partial charge in [0, 0.05) is 30.1 Å². The summed E-state index contributed by atoms with van der Waals surface area (Å²) in [5.41, 5.74) is 2.06. The zero-order valence-corrected chi connectivity index (χ0v) is 8.46. The summed E-state index contributed by atoms with van der Waals surface area (Å²) in [5, 5.41) is 9.33. The van der Waals surface area contributed by atoms with Crippen molar-refractivity contribution in [2.75, 3.05) is 0 Å². The first kappa shape index (κ1) is 9.99. The predicted octanol–water partition coefficient (Wildman–Crippen LogP) is 1.06. The van der Waals surface area contributed by atoms with Crippen LogP contribution in [0.4, 0.5) is 0 Å². The summed E-state index contributed by atoms with van der Waals surface area (Å²) in [6.45, 7) is 5.28. The highest BCUT2D eigenvalue weighted by Crippen LogP contribution is 2.09. The van der Waals surface area contributed by atoms with Gasteiger partial charge in [0.1, 0.15) is 0 Å². The number of aryl methyl sites for hydroxylation is 1. The van der Waals surface area contributed by atoms with Crippen LogP contribution >= 0.6 is 0 Å². The Morgan fingerprint density at radius 3 is 2.46 bits per heavy atom. The van der Waals surface area contributed by atoms with E-state index in [2.05, 4.69) is 0 Å². The molecule has 0 amide bonds. The van der Waals surface area contributed by atoms with E-state index in [1.807, 2.05) is 18.5 Å². The number of hydrogen-bond acceptors (Lipinski definition) is 2. The van der Waals surface area contributed by atoms with Crippen molar-refractivity contribution in [3.05, 3.63) is 33.2 Å². The Morgan fingerprint density at radius 1 is 1.46 bits per heavy atom. The molecule has 0 saturated heterocycles. The first-order valence-electron chi connectivity index (χ1n) is 4.30. The third-order valence-electron chi connectivity index (χ3n) is 2.46. The van der Waals surface area contributed by atoms with Crippen LogP contribution in [-0.2, 0) is 7.05 Å². The number of hydrogen-bond donors (Lipinski definition) is 1. The smallest absolute Gasteiger partial charge is 0.190 e. The normalized spacial score (nSPS) is 13.0. The van der Waals surface area contributed by atoms with E-state index >= 15 is 0 Å². The standard InChI is InChI=1S/C10H15NO2/c1-6-7(2)11(4)5-9(8(3)12)10(6)13/h5,8,12H,1-4H3. The summed E-state index contributed by atoms with van der Waals surface area (Å²) in [6, 6.07) is 0. The molecule has 1 heterocycles. The summed E-state index contributed by atoms with van der Waals surface area (Å²) in [4.78, 5) is 11.6. The van der Waals surface area contributed by atoms with Crippen molar-refractivity contribution in [1.82, 2.24) is 4.57 Å². The van der Waals surface area contributed by atoms with Crippen molar-refractivity contribution >= 4 is 0 Å². The van der Waals surface area contributed by atoms with Crippen LogP contribution in [0.3, 0.4) is 0 Å². The van der Waals surface area contributed by atoms with Crippen molar-refractivity contribution in [1.29, 1.82) is 0 Å². The maximum Gasteiger partial charge on any atom is 0.190 e. The van der Waals surface area contributed by atoms with Crippen molar-refractivity contribution in [2.45, 2.75) is 26.9 Å². The van der Waals surface area contributed by atoms with Gasteiger partial charge in [-0.1, -0.05) is 0 Å². The Labute approximate surface area is 77.6 Å². The largest absolute Gasteiger partial charge is 0.389 e. The van der Waals surface area contributed by atoms with Crippen molar-refractivity contribution in [3.8, 4) is 0 Å². The van der Waals surface area contributed by atoms with Crippen molar-refractivity contribution in [2.24, 2.45) is 7.05 Å². The summed E-state index contributed by atoms with van der Waals surface area (Å²) in [5.74, 6) is 0. The summed E-state index contributed by atoms with van der Waals surface area (Å²) in [6.07, 6.45) is 0.994. The lowest BCUT2D eigenvalue weighted by Gasteiger charge is -2.11. The minimum absolute atomic E-state index is 0.0504. The van der Waals surface area contributed by atoms with Gasteiger partial charge in [0.25, 0.3) is 0 Å². The second-order valence-corrected chi connectivity index (χ2v) is 3.41. The molecule has 1 rings (SSSR count). The second kappa shape index (κ2) is 3.34. The lowest BCUT2D eigenvalue weighted by atomic mass is 10.1. The minimum atomic E-state index is -0.696. The Morgan fingerprint density at radius 2 is 2.00 bits per heavy atom. The van der Waals surface area contributed by atoms with Gasteiger partial charge in [-0.05, 0) is 20.8 Å². The van der Waals surface area contributed by atoms with E-state index in [0.29, 0.717) is 11.1 Å². The van der Waals surface area contributed by atoms with E-state index in [4.69, 9.17) is 0 Å². The van der Waals surface area contributed by atoms with Crippen molar-refractivity contribution < 1.29 is 5.11 Å². The molecule has 1 N–H and O–H groups in total. The molecule has 1 atom stereocenters. The summed E-state index contributed by atoms with van der Waals surface area (Å²) in [7, 11) is 1.87. The van der Waals surface area contributed by atoms with Gasteiger partial charge in [-0.3, -0.25) is 4.79 Å². The molecule has 0 aromatic carbocycles. The van der Waals surface area contributed by atoms with Gasteiger partial charge in [0.05, 0.1) is 6.10 Å². The van der Waals surface area contributed by atoms with Gasteiger partial charge in [-0.15, -0.1) is 0 Å². The molecule has 0 spiro atoms. The lowest BCUT2D eigenvalue weighted by Crippen LogP contribution is -2.19. The summed E-state index contributed by atoms with van der Waals surface area (Å²) < 4.78 is 1.86. The number of pyridine rings is 1. The number of aromatic nitrogens is 1. The number of rotatable bonds is 1. The highest BCUT2D eigenvalue weighted by Gasteiger charge is 2.10. The van der Waals surface area contributed by atoms with Gasteiger partial charge in [-0.2, -0.15) is 0 Å². The fraction of sp³-hybridized carbons (Fsp3) is 0.500. The van der Waals surface area contributed by atoms with Crippen LogP contribution in [-0.4, -0.2) is 9.67 Å². The molecule has 0 aliphatic rings. The second-order valence-electron chi connectivity index (χ2n) is 3.41. The summed E-state index contributed by atoms with van der Waals surface area (Å²) >= 11 is 0. The molecule has 3 heteroatoms. The van der Waals surface area contributed by atoms with E-state index in [9.17, 15) is 9.90 Å². The van der Waals surface area contributed by atoms with Crippen molar-refractivity contribution in [3.63, 3.8) is 0 Å².